The summed E-state index contributed by atoms with van der Waals surface area (Å²) in [6, 6.07) is 10.0. The summed E-state index contributed by atoms with van der Waals surface area (Å²) in [5.41, 5.74) is 1.47. The maximum atomic E-state index is 14.1. The number of hydrogen-bond acceptors (Lipinski definition) is 5. The summed E-state index contributed by atoms with van der Waals surface area (Å²) in [7, 11) is -6.73. The molecule has 2 aromatic carbocycles. The number of amides is 1. The molecule has 1 saturated heterocycles. The molecule has 3 fully saturated rings. The van der Waals surface area contributed by atoms with Crippen LogP contribution in [0, 0.1) is 17.7 Å². The van der Waals surface area contributed by atoms with E-state index in [4.69, 9.17) is 0 Å². The van der Waals surface area contributed by atoms with E-state index in [1.807, 2.05) is 6.07 Å². The molecule has 2 saturated carbocycles. The van der Waals surface area contributed by atoms with E-state index in [0.29, 0.717) is 24.2 Å². The molecule has 2 aromatic rings. The van der Waals surface area contributed by atoms with Gasteiger partial charge < -0.3 is 5.32 Å². The van der Waals surface area contributed by atoms with Crippen molar-refractivity contribution >= 4 is 37.9 Å². The highest BCUT2D eigenvalue weighted by atomic mass is 32.3. The van der Waals surface area contributed by atoms with Gasteiger partial charge in [0.25, 0.3) is 10.0 Å². The summed E-state index contributed by atoms with van der Waals surface area (Å²) in [5.74, 6) is 0.0826. The molecule has 2 aliphatic heterocycles. The Morgan fingerprint density at radius 3 is 2.26 bits per heavy atom. The van der Waals surface area contributed by atoms with Crippen molar-refractivity contribution in [2.75, 3.05) is 21.1 Å². The molecule has 1 atom stereocenters. The smallest absolute Gasteiger partial charge is 0.264 e. The van der Waals surface area contributed by atoms with Gasteiger partial charge in [0.1, 0.15) is 5.82 Å². The quantitative estimate of drug-likeness (QED) is 0.407. The minimum atomic E-state index is -4.02. The van der Waals surface area contributed by atoms with Gasteiger partial charge in [0.15, 0.2) is 0 Å². The second kappa shape index (κ2) is 9.50. The van der Waals surface area contributed by atoms with E-state index >= 15 is 0 Å². The molecule has 7 nitrogen and oxygen atoms in total. The minimum absolute atomic E-state index is 0.00375. The van der Waals surface area contributed by atoms with Crippen molar-refractivity contribution in [1.82, 2.24) is 0 Å². The fraction of sp³-hybridized carbons (Fsp3) is 0.536. The van der Waals surface area contributed by atoms with Crippen LogP contribution in [0.1, 0.15) is 63.4 Å². The van der Waals surface area contributed by atoms with Crippen LogP contribution in [0.15, 0.2) is 47.4 Å². The maximum absolute atomic E-state index is 14.1. The Bertz CT molecular complexity index is 1330. The van der Waals surface area contributed by atoms with Gasteiger partial charge in [-0.2, -0.15) is 10.6 Å². The first-order valence-corrected chi connectivity index (χ1v) is 16.9. The van der Waals surface area contributed by atoms with Crippen LogP contribution in [0.3, 0.4) is 0 Å². The molecule has 1 unspecified atom stereocenters. The Morgan fingerprint density at radius 2 is 1.63 bits per heavy atom. The first kappa shape index (κ1) is 26.1. The van der Waals surface area contributed by atoms with Gasteiger partial charge in [-0.1, -0.05) is 19.3 Å². The van der Waals surface area contributed by atoms with Crippen LogP contribution >= 0.6 is 10.6 Å². The van der Waals surface area contributed by atoms with Gasteiger partial charge in [-0.15, -0.1) is 0 Å². The summed E-state index contributed by atoms with van der Waals surface area (Å²) in [4.78, 5) is 13.1. The molecule has 1 amide bonds. The molecule has 38 heavy (non-hydrogen) atoms. The molecular weight excluding hydrogens is 527 g/mol. The van der Waals surface area contributed by atoms with Crippen molar-refractivity contribution in [3.8, 4) is 0 Å². The molecule has 10 heteroatoms. The number of fused-ring (bicyclic) bond motifs is 2. The SMILES string of the molecule is O=C(Nc1ccc2c(c1)C1(CCS(O)(O)CC1)C(C1CC1)N2S(=O)(=O)c1ccc(F)cc1)C1CCCCC1. The van der Waals surface area contributed by atoms with Crippen LogP contribution in [0.4, 0.5) is 15.8 Å². The zero-order valence-corrected chi connectivity index (χ0v) is 22.9. The second-order valence-corrected chi connectivity index (χ2v) is 15.7. The monoisotopic (exact) mass is 562 g/mol. The normalized spacial score (nSPS) is 25.7. The van der Waals surface area contributed by atoms with Gasteiger partial charge >= 0.3 is 0 Å². The molecule has 0 bridgehead atoms. The van der Waals surface area contributed by atoms with E-state index in [0.717, 1.165) is 62.6 Å². The summed E-state index contributed by atoms with van der Waals surface area (Å²) in [5, 5.41) is 3.09. The Kier molecular flexibility index (Phi) is 6.53. The Morgan fingerprint density at radius 1 is 0.974 bits per heavy atom. The number of carbonyl (C=O) groups excluding carboxylic acids is 1. The van der Waals surface area contributed by atoms with E-state index in [1.54, 1.807) is 12.1 Å². The molecular formula is C28H35FN2O5S2. The van der Waals surface area contributed by atoms with Crippen LogP contribution in [0.2, 0.25) is 0 Å². The molecule has 0 radical (unpaired) electrons. The average molecular weight is 563 g/mol. The van der Waals surface area contributed by atoms with Crippen molar-refractivity contribution in [3.05, 3.63) is 53.8 Å². The number of halogens is 1. The average Bonchev–Trinajstić information content (AvgIpc) is 3.70. The third kappa shape index (κ3) is 4.53. The lowest BCUT2D eigenvalue weighted by Gasteiger charge is -2.48. The molecule has 6 rings (SSSR count). The Labute approximate surface area is 225 Å². The highest BCUT2D eigenvalue weighted by Crippen LogP contribution is 2.63. The first-order chi connectivity index (χ1) is 18.1. The second-order valence-electron chi connectivity index (χ2n) is 11.5. The van der Waals surface area contributed by atoms with Gasteiger partial charge in [0, 0.05) is 28.5 Å². The number of nitrogens with zero attached hydrogens (tertiary/aromatic N) is 1. The number of rotatable bonds is 5. The van der Waals surface area contributed by atoms with Gasteiger partial charge in [0.2, 0.25) is 5.91 Å². The lowest BCUT2D eigenvalue weighted by molar-refractivity contribution is -0.120. The largest absolute Gasteiger partial charge is 0.326 e. The van der Waals surface area contributed by atoms with Crippen molar-refractivity contribution in [2.45, 2.75) is 74.1 Å². The zero-order valence-electron chi connectivity index (χ0n) is 21.3. The molecule has 2 heterocycles. The maximum Gasteiger partial charge on any atom is 0.264 e. The molecule has 2 aliphatic carbocycles. The first-order valence-electron chi connectivity index (χ1n) is 13.6. The third-order valence-corrected chi connectivity index (χ3v) is 12.5. The van der Waals surface area contributed by atoms with E-state index in [2.05, 4.69) is 5.32 Å². The van der Waals surface area contributed by atoms with E-state index < -0.39 is 31.8 Å². The molecule has 206 valence electrons. The number of sulfonamides is 1. The number of hydrogen-bond donors (Lipinski definition) is 3. The van der Waals surface area contributed by atoms with Gasteiger partial charge in [-0.3, -0.25) is 18.2 Å². The lowest BCUT2D eigenvalue weighted by atomic mass is 9.70. The van der Waals surface area contributed by atoms with Crippen LogP contribution in [-0.4, -0.2) is 41.0 Å². The van der Waals surface area contributed by atoms with Crippen molar-refractivity contribution in [1.29, 1.82) is 0 Å². The van der Waals surface area contributed by atoms with Gasteiger partial charge in [0.05, 0.1) is 16.6 Å². The predicted molar refractivity (Wildman–Crippen MR) is 148 cm³/mol. The predicted octanol–water partition coefficient (Wildman–Crippen LogP) is 6.11. The zero-order chi connectivity index (χ0) is 26.7. The van der Waals surface area contributed by atoms with Crippen molar-refractivity contribution in [3.63, 3.8) is 0 Å². The summed E-state index contributed by atoms with van der Waals surface area (Å²) in [6.07, 6.45) is 7.74. The van der Waals surface area contributed by atoms with E-state index in [9.17, 15) is 26.7 Å². The summed E-state index contributed by atoms with van der Waals surface area (Å²) in [6.45, 7) is 0. The fourth-order valence-corrected chi connectivity index (χ4v) is 10.3. The van der Waals surface area contributed by atoms with Crippen molar-refractivity contribution in [2.24, 2.45) is 11.8 Å². The minimum Gasteiger partial charge on any atom is -0.326 e. The molecule has 1 spiro atoms. The number of carbonyl (C=O) groups is 1. The topological polar surface area (TPSA) is 107 Å². The van der Waals surface area contributed by atoms with Crippen LogP contribution in [0.25, 0.3) is 0 Å². The number of anilines is 2. The van der Waals surface area contributed by atoms with Crippen LogP contribution in [-0.2, 0) is 20.2 Å². The summed E-state index contributed by atoms with van der Waals surface area (Å²) < 4.78 is 64.3. The van der Waals surface area contributed by atoms with E-state index in [1.165, 1.54) is 16.4 Å². The van der Waals surface area contributed by atoms with Crippen LogP contribution < -0.4 is 9.62 Å². The highest BCUT2D eigenvalue weighted by Gasteiger charge is 2.60. The van der Waals surface area contributed by atoms with Crippen LogP contribution in [0.5, 0.6) is 0 Å². The fourth-order valence-electron chi connectivity index (χ4n) is 6.88. The summed E-state index contributed by atoms with van der Waals surface area (Å²) >= 11 is 0. The lowest BCUT2D eigenvalue weighted by Crippen LogP contribution is -2.51. The Balaban J connectivity index is 1.43. The standard InChI is InChI=1S/C28H35FN2O5S2/c29-21-8-11-23(12-9-21)38(35,36)31-25-13-10-22(30-27(32)20-4-2-1-3-5-20)18-24(25)28(26(31)19-6-7-19)14-16-37(33,34)17-15-28/h8-13,18-20,26,33-34H,1-7,14-17H2,(H,30,32). The van der Waals surface area contributed by atoms with E-state index in [-0.39, 0.29) is 40.2 Å². The van der Waals surface area contributed by atoms with Gasteiger partial charge in [-0.05, 0) is 92.5 Å². The number of benzene rings is 2. The Hall–Kier alpha value is -2.14. The number of nitrogens with one attached hydrogen (secondary N) is 1. The van der Waals surface area contributed by atoms with Gasteiger partial charge in [-0.25, -0.2) is 12.8 Å². The molecule has 0 aromatic heterocycles. The molecule has 3 N–H and O–H groups in total. The third-order valence-electron chi connectivity index (χ3n) is 9.02. The highest BCUT2D eigenvalue weighted by molar-refractivity contribution is 8.24. The van der Waals surface area contributed by atoms with Crippen molar-refractivity contribution < 1.29 is 26.7 Å². The molecule has 4 aliphatic rings.